The minimum absolute atomic E-state index is 0.0865. The highest BCUT2D eigenvalue weighted by molar-refractivity contribution is 7.99. The first-order valence-corrected chi connectivity index (χ1v) is 9.84. The molecular formula is C17H21N3O2S2. The van der Waals surface area contributed by atoms with E-state index in [1.165, 1.54) is 23.4 Å². The van der Waals surface area contributed by atoms with Gasteiger partial charge in [-0.3, -0.25) is 9.59 Å². The van der Waals surface area contributed by atoms with Crippen LogP contribution in [-0.2, 0) is 17.1 Å². The van der Waals surface area contributed by atoms with Gasteiger partial charge in [-0.15, -0.1) is 0 Å². The average molecular weight is 364 g/mol. The molecule has 0 bridgehead atoms. The van der Waals surface area contributed by atoms with Crippen LogP contribution < -0.4 is 10.9 Å². The van der Waals surface area contributed by atoms with Crippen molar-refractivity contribution in [2.24, 2.45) is 0 Å². The van der Waals surface area contributed by atoms with E-state index in [1.807, 2.05) is 31.2 Å². The number of hydrogen-bond acceptors (Lipinski definition) is 5. The quantitative estimate of drug-likeness (QED) is 0.557. The summed E-state index contributed by atoms with van der Waals surface area (Å²) in [4.78, 5) is 30.6. The van der Waals surface area contributed by atoms with Gasteiger partial charge in [0.1, 0.15) is 0 Å². The van der Waals surface area contributed by atoms with Crippen molar-refractivity contribution < 1.29 is 4.79 Å². The molecule has 0 aliphatic heterocycles. The van der Waals surface area contributed by atoms with Gasteiger partial charge in [-0.2, -0.15) is 11.8 Å². The first-order chi connectivity index (χ1) is 11.6. The third kappa shape index (κ3) is 6.41. The Labute approximate surface area is 150 Å². The molecule has 7 heteroatoms. The number of hydrogen-bond donors (Lipinski definition) is 2. The molecule has 5 nitrogen and oxygen atoms in total. The standard InChI is InChI=1S/C17H21N3O2S2/c1-3-23-10-14-8-15(21)20-17(19-14)24-11-16(22)18-9-13-6-4-12(2)5-7-13/h4-8H,3,9-11H2,1-2H3,(H,18,22)(H,19,20,21). The number of carbonyl (C=O) groups is 1. The number of aromatic amines is 1. The van der Waals surface area contributed by atoms with E-state index in [1.54, 1.807) is 11.8 Å². The Morgan fingerprint density at radius 1 is 1.29 bits per heavy atom. The Hall–Kier alpha value is -1.73. The van der Waals surface area contributed by atoms with Crippen LogP contribution in [0.2, 0.25) is 0 Å². The fourth-order valence-electron chi connectivity index (χ4n) is 1.92. The zero-order chi connectivity index (χ0) is 17.4. The number of H-pyrrole nitrogens is 1. The monoisotopic (exact) mass is 363 g/mol. The number of thioether (sulfide) groups is 2. The number of aromatic nitrogens is 2. The van der Waals surface area contributed by atoms with Gasteiger partial charge in [-0.05, 0) is 18.2 Å². The Morgan fingerprint density at radius 2 is 2.04 bits per heavy atom. The van der Waals surface area contributed by atoms with Gasteiger partial charge in [0.15, 0.2) is 5.16 Å². The Morgan fingerprint density at radius 3 is 2.75 bits per heavy atom. The summed E-state index contributed by atoms with van der Waals surface area (Å²) >= 11 is 2.95. The molecule has 1 aromatic heterocycles. The second-order valence-corrected chi connectivity index (χ2v) is 7.47. The number of amides is 1. The maximum Gasteiger partial charge on any atom is 0.251 e. The van der Waals surface area contributed by atoms with Crippen LogP contribution in [0, 0.1) is 6.92 Å². The highest BCUT2D eigenvalue weighted by Crippen LogP contribution is 2.14. The van der Waals surface area contributed by atoms with Crippen molar-refractivity contribution in [2.75, 3.05) is 11.5 Å². The highest BCUT2D eigenvalue weighted by atomic mass is 32.2. The number of aryl methyl sites for hydroxylation is 1. The molecule has 2 rings (SSSR count). The van der Waals surface area contributed by atoms with Gasteiger partial charge >= 0.3 is 0 Å². The van der Waals surface area contributed by atoms with Crippen molar-refractivity contribution in [3.8, 4) is 0 Å². The van der Waals surface area contributed by atoms with E-state index in [0.29, 0.717) is 17.5 Å². The van der Waals surface area contributed by atoms with Crippen LogP contribution in [-0.4, -0.2) is 27.4 Å². The normalized spacial score (nSPS) is 10.6. The number of nitrogens with zero attached hydrogens (tertiary/aromatic N) is 1. The van der Waals surface area contributed by atoms with Crippen molar-refractivity contribution >= 4 is 29.4 Å². The third-order valence-corrected chi connectivity index (χ3v) is 4.96. The molecule has 0 atom stereocenters. The highest BCUT2D eigenvalue weighted by Gasteiger charge is 2.06. The molecule has 2 N–H and O–H groups in total. The first-order valence-electron chi connectivity index (χ1n) is 7.70. The van der Waals surface area contributed by atoms with E-state index in [2.05, 4.69) is 22.2 Å². The summed E-state index contributed by atoms with van der Waals surface area (Å²) in [5.41, 5.74) is 2.81. The maximum atomic E-state index is 11.9. The Balaban J connectivity index is 1.83. The van der Waals surface area contributed by atoms with Crippen LogP contribution in [0.3, 0.4) is 0 Å². The number of benzene rings is 1. The number of carbonyl (C=O) groups excluding carboxylic acids is 1. The lowest BCUT2D eigenvalue weighted by Gasteiger charge is -2.06. The summed E-state index contributed by atoms with van der Waals surface area (Å²) in [6.45, 7) is 4.59. The fraction of sp³-hybridized carbons (Fsp3) is 0.353. The largest absolute Gasteiger partial charge is 0.351 e. The SMILES string of the molecule is CCSCc1cc(=O)[nH]c(SCC(=O)NCc2ccc(C)cc2)n1. The van der Waals surface area contributed by atoms with Crippen molar-refractivity contribution in [3.63, 3.8) is 0 Å². The summed E-state index contributed by atoms with van der Waals surface area (Å²) in [5, 5.41) is 3.35. The van der Waals surface area contributed by atoms with E-state index in [9.17, 15) is 9.59 Å². The summed E-state index contributed by atoms with van der Waals surface area (Å²) in [6, 6.07) is 9.53. The van der Waals surface area contributed by atoms with Crippen LogP contribution >= 0.6 is 23.5 Å². The molecule has 0 spiro atoms. The summed E-state index contributed by atoms with van der Waals surface area (Å²) in [6.07, 6.45) is 0. The predicted octanol–water partition coefficient (Wildman–Crippen LogP) is 2.74. The van der Waals surface area contributed by atoms with Gasteiger partial charge in [0.2, 0.25) is 5.91 Å². The minimum Gasteiger partial charge on any atom is -0.351 e. The van der Waals surface area contributed by atoms with Gasteiger partial charge < -0.3 is 10.3 Å². The van der Waals surface area contributed by atoms with Crippen LogP contribution in [0.1, 0.15) is 23.7 Å². The molecule has 0 radical (unpaired) electrons. The van der Waals surface area contributed by atoms with Gasteiger partial charge in [0.25, 0.3) is 5.56 Å². The van der Waals surface area contributed by atoms with Crippen molar-refractivity contribution in [1.82, 2.24) is 15.3 Å². The molecular weight excluding hydrogens is 342 g/mol. The molecule has 0 aliphatic rings. The lowest BCUT2D eigenvalue weighted by Crippen LogP contribution is -2.24. The van der Waals surface area contributed by atoms with Gasteiger partial charge in [-0.25, -0.2) is 4.98 Å². The van der Waals surface area contributed by atoms with Crippen LogP contribution in [0.5, 0.6) is 0 Å². The summed E-state index contributed by atoms with van der Waals surface area (Å²) in [5.74, 6) is 1.81. The van der Waals surface area contributed by atoms with E-state index in [4.69, 9.17) is 0 Å². The van der Waals surface area contributed by atoms with Crippen LogP contribution in [0.25, 0.3) is 0 Å². The van der Waals surface area contributed by atoms with Crippen LogP contribution in [0.15, 0.2) is 40.3 Å². The third-order valence-electron chi connectivity index (χ3n) is 3.18. The lowest BCUT2D eigenvalue weighted by molar-refractivity contribution is -0.118. The predicted molar refractivity (Wildman–Crippen MR) is 100 cm³/mol. The fourth-order valence-corrected chi connectivity index (χ4v) is 3.21. The van der Waals surface area contributed by atoms with Gasteiger partial charge in [-0.1, -0.05) is 48.5 Å². The second kappa shape index (κ2) is 9.54. The molecule has 128 valence electrons. The average Bonchev–Trinajstić information content (AvgIpc) is 2.57. The molecule has 0 saturated heterocycles. The Bertz CT molecular complexity index is 729. The van der Waals surface area contributed by atoms with E-state index in [-0.39, 0.29) is 17.2 Å². The smallest absolute Gasteiger partial charge is 0.251 e. The van der Waals surface area contributed by atoms with E-state index in [0.717, 1.165) is 17.0 Å². The molecule has 0 saturated carbocycles. The second-order valence-electron chi connectivity index (χ2n) is 5.23. The molecule has 0 unspecified atom stereocenters. The van der Waals surface area contributed by atoms with E-state index < -0.39 is 0 Å². The molecule has 0 fully saturated rings. The van der Waals surface area contributed by atoms with E-state index >= 15 is 0 Å². The van der Waals surface area contributed by atoms with Gasteiger partial charge in [0, 0.05) is 18.4 Å². The molecule has 24 heavy (non-hydrogen) atoms. The molecule has 2 aromatic rings. The van der Waals surface area contributed by atoms with Gasteiger partial charge in [0.05, 0.1) is 11.4 Å². The minimum atomic E-state index is -0.181. The van der Waals surface area contributed by atoms with Crippen molar-refractivity contribution in [2.45, 2.75) is 31.3 Å². The van der Waals surface area contributed by atoms with Crippen molar-refractivity contribution in [1.29, 1.82) is 0 Å². The molecule has 0 aliphatic carbocycles. The summed E-state index contributed by atoms with van der Waals surface area (Å²) < 4.78 is 0. The molecule has 1 amide bonds. The van der Waals surface area contributed by atoms with Crippen LogP contribution in [0.4, 0.5) is 0 Å². The molecule has 1 aromatic carbocycles. The number of nitrogens with one attached hydrogen (secondary N) is 2. The lowest BCUT2D eigenvalue weighted by atomic mass is 10.1. The maximum absolute atomic E-state index is 11.9. The molecule has 1 heterocycles. The first kappa shape index (κ1) is 18.6. The summed E-state index contributed by atoms with van der Waals surface area (Å²) in [7, 11) is 0. The Kier molecular flexibility index (Phi) is 7.39. The number of rotatable bonds is 8. The zero-order valence-corrected chi connectivity index (χ0v) is 15.4. The topological polar surface area (TPSA) is 74.8 Å². The zero-order valence-electron chi connectivity index (χ0n) is 13.8. The van der Waals surface area contributed by atoms with Crippen molar-refractivity contribution in [3.05, 3.63) is 57.5 Å².